The lowest BCUT2D eigenvalue weighted by Crippen LogP contribution is -1.83. The Morgan fingerprint density at radius 1 is 1.07 bits per heavy atom. The van der Waals surface area contributed by atoms with Crippen LogP contribution in [-0.4, -0.2) is 10.1 Å². The van der Waals surface area contributed by atoms with Crippen molar-refractivity contribution < 1.29 is 5.11 Å². The summed E-state index contributed by atoms with van der Waals surface area (Å²) in [4.78, 5) is 4.08. The van der Waals surface area contributed by atoms with Gasteiger partial charge in [0.1, 0.15) is 5.75 Å². The molecule has 1 heterocycles. The van der Waals surface area contributed by atoms with Crippen molar-refractivity contribution in [2.75, 3.05) is 0 Å². The monoisotopic (exact) mass is 185 g/mol. The third-order valence-corrected chi connectivity index (χ3v) is 2.22. The zero-order chi connectivity index (χ0) is 9.97. The van der Waals surface area contributed by atoms with Crippen molar-refractivity contribution in [2.24, 2.45) is 0 Å². The second-order valence-electron chi connectivity index (χ2n) is 3.24. The lowest BCUT2D eigenvalue weighted by molar-refractivity contribution is 0.475. The Bertz CT molecular complexity index is 434. The average Bonchev–Trinajstić information content (AvgIpc) is 2.20. The summed E-state index contributed by atoms with van der Waals surface area (Å²) in [6.07, 6.45) is 3.61. The number of nitrogens with zero attached hydrogens (tertiary/aromatic N) is 1. The predicted octanol–water partition coefficient (Wildman–Crippen LogP) is 2.76. The molecule has 0 atom stereocenters. The lowest BCUT2D eigenvalue weighted by Gasteiger charge is -2.04. The third-order valence-electron chi connectivity index (χ3n) is 2.22. The summed E-state index contributed by atoms with van der Waals surface area (Å²) in [7, 11) is 0. The molecule has 2 nitrogen and oxygen atoms in total. The molecule has 0 aliphatic heterocycles. The van der Waals surface area contributed by atoms with Crippen LogP contribution in [0.25, 0.3) is 11.1 Å². The van der Waals surface area contributed by atoms with E-state index in [0.717, 1.165) is 11.1 Å². The van der Waals surface area contributed by atoms with E-state index in [1.165, 1.54) is 5.56 Å². The summed E-state index contributed by atoms with van der Waals surface area (Å²) in [5.41, 5.74) is 3.37. The van der Waals surface area contributed by atoms with Gasteiger partial charge in [-0.3, -0.25) is 4.98 Å². The number of aromatic nitrogens is 1. The molecule has 0 amide bonds. The molecule has 0 saturated heterocycles. The zero-order valence-corrected chi connectivity index (χ0v) is 7.94. The smallest absolute Gasteiger partial charge is 0.115 e. The van der Waals surface area contributed by atoms with Gasteiger partial charge >= 0.3 is 0 Å². The molecular formula is C12H11NO. The second kappa shape index (κ2) is 3.50. The van der Waals surface area contributed by atoms with Gasteiger partial charge in [-0.1, -0.05) is 12.1 Å². The van der Waals surface area contributed by atoms with Crippen LogP contribution < -0.4 is 0 Å². The number of hydrogen-bond donors (Lipinski definition) is 1. The van der Waals surface area contributed by atoms with Gasteiger partial charge in [-0.15, -0.1) is 0 Å². The third kappa shape index (κ3) is 1.59. The van der Waals surface area contributed by atoms with E-state index < -0.39 is 0 Å². The number of pyridine rings is 1. The highest BCUT2D eigenvalue weighted by Gasteiger charge is 2.00. The van der Waals surface area contributed by atoms with Crippen LogP contribution >= 0.6 is 0 Å². The second-order valence-corrected chi connectivity index (χ2v) is 3.24. The van der Waals surface area contributed by atoms with Crippen LogP contribution in [0.4, 0.5) is 0 Å². The minimum absolute atomic E-state index is 0.287. The van der Waals surface area contributed by atoms with E-state index in [1.54, 1.807) is 18.3 Å². The van der Waals surface area contributed by atoms with Crippen molar-refractivity contribution in [3.63, 3.8) is 0 Å². The van der Waals surface area contributed by atoms with Gasteiger partial charge in [0.15, 0.2) is 0 Å². The minimum atomic E-state index is 0.287. The van der Waals surface area contributed by atoms with E-state index in [-0.39, 0.29) is 5.75 Å². The maximum Gasteiger partial charge on any atom is 0.115 e. The molecule has 0 radical (unpaired) electrons. The van der Waals surface area contributed by atoms with E-state index in [2.05, 4.69) is 4.98 Å². The van der Waals surface area contributed by atoms with Crippen LogP contribution in [-0.2, 0) is 0 Å². The molecule has 0 unspecified atom stereocenters. The van der Waals surface area contributed by atoms with Gasteiger partial charge in [-0.2, -0.15) is 0 Å². The number of aryl methyl sites for hydroxylation is 1. The van der Waals surface area contributed by atoms with Crippen LogP contribution in [0.3, 0.4) is 0 Å². The first-order valence-corrected chi connectivity index (χ1v) is 4.47. The molecule has 0 spiro atoms. The molecule has 1 N–H and O–H groups in total. The molecule has 1 aromatic carbocycles. The van der Waals surface area contributed by atoms with E-state index in [4.69, 9.17) is 5.11 Å². The average molecular weight is 185 g/mol. The van der Waals surface area contributed by atoms with Gasteiger partial charge in [-0.25, -0.2) is 0 Å². The van der Waals surface area contributed by atoms with Gasteiger partial charge in [-0.05, 0) is 36.2 Å². The van der Waals surface area contributed by atoms with Crippen molar-refractivity contribution in [3.8, 4) is 16.9 Å². The SMILES string of the molecule is Cc1ccncc1-c1ccc(O)cc1. The molecule has 0 aliphatic rings. The topological polar surface area (TPSA) is 33.1 Å². The van der Waals surface area contributed by atoms with Gasteiger partial charge in [0.2, 0.25) is 0 Å². The normalized spacial score (nSPS) is 10.1. The number of aromatic hydroxyl groups is 1. The summed E-state index contributed by atoms with van der Waals surface area (Å²) in [5, 5.41) is 9.16. The molecule has 0 saturated carbocycles. The Morgan fingerprint density at radius 3 is 2.43 bits per heavy atom. The fraction of sp³-hybridized carbons (Fsp3) is 0.0833. The van der Waals surface area contributed by atoms with Gasteiger partial charge in [0, 0.05) is 18.0 Å². The largest absolute Gasteiger partial charge is 0.508 e. The van der Waals surface area contributed by atoms with E-state index >= 15 is 0 Å². The quantitative estimate of drug-likeness (QED) is 0.741. The molecule has 1 aromatic heterocycles. The summed E-state index contributed by atoms with van der Waals surface area (Å²) < 4.78 is 0. The molecule has 0 fully saturated rings. The highest BCUT2D eigenvalue weighted by atomic mass is 16.3. The van der Waals surface area contributed by atoms with Crippen LogP contribution in [0.2, 0.25) is 0 Å². The van der Waals surface area contributed by atoms with Crippen molar-refractivity contribution in [1.29, 1.82) is 0 Å². The van der Waals surface area contributed by atoms with Gasteiger partial charge < -0.3 is 5.11 Å². The fourth-order valence-corrected chi connectivity index (χ4v) is 1.41. The minimum Gasteiger partial charge on any atom is -0.508 e. The highest BCUT2D eigenvalue weighted by molar-refractivity contribution is 5.66. The number of benzene rings is 1. The molecule has 2 heteroatoms. The summed E-state index contributed by atoms with van der Waals surface area (Å²) in [6.45, 7) is 2.05. The number of hydrogen-bond acceptors (Lipinski definition) is 2. The van der Waals surface area contributed by atoms with Crippen LogP contribution in [0.5, 0.6) is 5.75 Å². The molecule has 0 bridgehead atoms. The van der Waals surface area contributed by atoms with Crippen LogP contribution in [0.15, 0.2) is 42.7 Å². The Hall–Kier alpha value is -1.83. The van der Waals surface area contributed by atoms with Crippen LogP contribution in [0.1, 0.15) is 5.56 Å². The van der Waals surface area contributed by atoms with E-state index in [1.807, 2.05) is 31.3 Å². The Kier molecular flexibility index (Phi) is 2.19. The predicted molar refractivity (Wildman–Crippen MR) is 56.1 cm³/mol. The molecule has 70 valence electrons. The highest BCUT2D eigenvalue weighted by Crippen LogP contribution is 2.23. The van der Waals surface area contributed by atoms with Crippen molar-refractivity contribution >= 4 is 0 Å². The van der Waals surface area contributed by atoms with E-state index in [0.29, 0.717) is 0 Å². The van der Waals surface area contributed by atoms with Crippen molar-refractivity contribution in [3.05, 3.63) is 48.3 Å². The lowest BCUT2D eigenvalue weighted by atomic mass is 10.0. The first-order valence-electron chi connectivity index (χ1n) is 4.47. The molecular weight excluding hydrogens is 174 g/mol. The molecule has 2 aromatic rings. The summed E-state index contributed by atoms with van der Waals surface area (Å²) in [6, 6.07) is 9.12. The molecule has 0 aliphatic carbocycles. The van der Waals surface area contributed by atoms with Gasteiger partial charge in [0.25, 0.3) is 0 Å². The Morgan fingerprint density at radius 2 is 1.79 bits per heavy atom. The Labute approximate surface area is 82.9 Å². The van der Waals surface area contributed by atoms with Crippen LogP contribution in [0, 0.1) is 6.92 Å². The number of phenols is 1. The molecule has 2 rings (SSSR count). The standard InChI is InChI=1S/C12H11NO/c1-9-6-7-13-8-12(9)10-2-4-11(14)5-3-10/h2-8,14H,1H3. The first kappa shape index (κ1) is 8.75. The zero-order valence-electron chi connectivity index (χ0n) is 7.94. The maximum atomic E-state index is 9.16. The first-order chi connectivity index (χ1) is 6.77. The number of rotatable bonds is 1. The van der Waals surface area contributed by atoms with E-state index in [9.17, 15) is 0 Å². The Balaban J connectivity index is 2.50. The number of phenolic OH excluding ortho intramolecular Hbond substituents is 1. The van der Waals surface area contributed by atoms with Crippen molar-refractivity contribution in [2.45, 2.75) is 6.92 Å². The summed E-state index contributed by atoms with van der Waals surface area (Å²) >= 11 is 0. The van der Waals surface area contributed by atoms with Crippen molar-refractivity contribution in [1.82, 2.24) is 4.98 Å². The van der Waals surface area contributed by atoms with Gasteiger partial charge in [0.05, 0.1) is 0 Å². The maximum absolute atomic E-state index is 9.16. The molecule has 14 heavy (non-hydrogen) atoms. The fourth-order valence-electron chi connectivity index (χ4n) is 1.41. The summed E-state index contributed by atoms with van der Waals surface area (Å²) in [5.74, 6) is 0.287.